The van der Waals surface area contributed by atoms with Gasteiger partial charge in [-0.05, 0) is 44.7 Å². The van der Waals surface area contributed by atoms with Crippen LogP contribution in [0.2, 0.25) is 5.02 Å². The van der Waals surface area contributed by atoms with Crippen molar-refractivity contribution >= 4 is 17.5 Å². The molecule has 0 spiro atoms. The molecule has 2 aromatic rings. The highest BCUT2D eigenvalue weighted by Crippen LogP contribution is 2.61. The predicted octanol–water partition coefficient (Wildman–Crippen LogP) is 2.79. The van der Waals surface area contributed by atoms with Crippen molar-refractivity contribution in [3.05, 3.63) is 46.1 Å². The van der Waals surface area contributed by atoms with Crippen LogP contribution in [0.3, 0.4) is 0 Å². The summed E-state index contributed by atoms with van der Waals surface area (Å²) in [5.74, 6) is -0.00816. The van der Waals surface area contributed by atoms with E-state index in [0.29, 0.717) is 17.7 Å². The maximum atomic E-state index is 13.4. The number of nitrogens with zero attached hydrogens (tertiary/aromatic N) is 1. The number of ether oxygens (including phenoxy) is 1. The van der Waals surface area contributed by atoms with Crippen molar-refractivity contribution in [3.8, 4) is 5.75 Å². The Labute approximate surface area is 172 Å². The third kappa shape index (κ3) is 3.72. The Kier molecular flexibility index (Phi) is 5.04. The van der Waals surface area contributed by atoms with Gasteiger partial charge in [-0.1, -0.05) is 23.7 Å². The lowest BCUT2D eigenvalue weighted by Crippen LogP contribution is -2.83. The zero-order valence-electron chi connectivity index (χ0n) is 16.2. The number of aromatic nitrogens is 1. The summed E-state index contributed by atoms with van der Waals surface area (Å²) in [5, 5.41) is 20.8. The molecule has 1 heterocycles. The van der Waals surface area contributed by atoms with Crippen LogP contribution < -0.4 is 15.4 Å². The molecule has 0 saturated heterocycles. The lowest BCUT2D eigenvalue weighted by atomic mass is 9.44. The molecule has 3 N–H and O–H groups in total. The molecule has 1 amide bonds. The number of benzene rings is 1. The van der Waals surface area contributed by atoms with Crippen molar-refractivity contribution < 1.29 is 23.6 Å². The summed E-state index contributed by atoms with van der Waals surface area (Å²) in [7, 11) is 0. The van der Waals surface area contributed by atoms with Crippen molar-refractivity contribution in [1.29, 1.82) is 0 Å². The Morgan fingerprint density at radius 2 is 2.14 bits per heavy atom. The normalized spacial score (nSPS) is 25.7. The largest absolute Gasteiger partial charge is 0.484 e. The SMILES string of the molecule is CCc1noc(C)c1C(O)NC12CC(NC(=O)COc3ccc(Cl)c(F)c3)(C1)C2. The van der Waals surface area contributed by atoms with Crippen LogP contribution in [0, 0.1) is 12.7 Å². The second-order valence-electron chi connectivity index (χ2n) is 8.00. The van der Waals surface area contributed by atoms with E-state index >= 15 is 0 Å². The fourth-order valence-electron chi connectivity index (χ4n) is 4.51. The molecule has 1 unspecified atom stereocenters. The molecule has 3 aliphatic carbocycles. The first-order valence-electron chi connectivity index (χ1n) is 9.54. The van der Waals surface area contributed by atoms with Gasteiger partial charge in [-0.3, -0.25) is 10.1 Å². The molecule has 3 fully saturated rings. The maximum Gasteiger partial charge on any atom is 0.258 e. The Bertz CT molecular complexity index is 928. The molecule has 0 radical (unpaired) electrons. The maximum absolute atomic E-state index is 13.4. The van der Waals surface area contributed by atoms with Crippen molar-refractivity contribution in [3.63, 3.8) is 0 Å². The van der Waals surface area contributed by atoms with Gasteiger partial charge in [-0.25, -0.2) is 4.39 Å². The molecule has 5 rings (SSSR count). The number of nitrogens with one attached hydrogen (secondary N) is 2. The van der Waals surface area contributed by atoms with Gasteiger partial charge in [0, 0.05) is 17.1 Å². The number of carbonyl (C=O) groups is 1. The van der Waals surface area contributed by atoms with E-state index in [1.54, 1.807) is 6.92 Å². The van der Waals surface area contributed by atoms with E-state index in [4.69, 9.17) is 20.9 Å². The molecule has 3 saturated carbocycles. The van der Waals surface area contributed by atoms with E-state index in [-0.39, 0.29) is 34.4 Å². The van der Waals surface area contributed by atoms with Crippen LogP contribution in [-0.4, -0.2) is 33.9 Å². The van der Waals surface area contributed by atoms with E-state index in [1.807, 2.05) is 6.92 Å². The van der Waals surface area contributed by atoms with Crippen molar-refractivity contribution in [2.24, 2.45) is 0 Å². The summed E-state index contributed by atoms with van der Waals surface area (Å²) >= 11 is 5.63. The lowest BCUT2D eigenvalue weighted by Gasteiger charge is -2.71. The zero-order chi connectivity index (χ0) is 20.8. The molecule has 1 aromatic carbocycles. The summed E-state index contributed by atoms with van der Waals surface area (Å²) in [6.07, 6.45) is 2.00. The number of rotatable bonds is 8. The summed E-state index contributed by atoms with van der Waals surface area (Å²) in [5.41, 5.74) is 0.976. The molecule has 7 nitrogen and oxygen atoms in total. The second-order valence-corrected chi connectivity index (χ2v) is 8.41. The van der Waals surface area contributed by atoms with Crippen LogP contribution >= 0.6 is 11.6 Å². The van der Waals surface area contributed by atoms with Gasteiger partial charge in [0.1, 0.15) is 23.6 Å². The van der Waals surface area contributed by atoms with Gasteiger partial charge in [0.25, 0.3) is 5.91 Å². The van der Waals surface area contributed by atoms with Gasteiger partial charge in [-0.15, -0.1) is 0 Å². The predicted molar refractivity (Wildman–Crippen MR) is 103 cm³/mol. The number of hydrogen-bond acceptors (Lipinski definition) is 6. The van der Waals surface area contributed by atoms with Crippen LogP contribution in [0.15, 0.2) is 22.7 Å². The highest BCUT2D eigenvalue weighted by molar-refractivity contribution is 6.30. The average molecular weight is 424 g/mol. The summed E-state index contributed by atoms with van der Waals surface area (Å²) in [4.78, 5) is 12.2. The number of carbonyl (C=O) groups excluding carboxylic acids is 1. The van der Waals surface area contributed by atoms with Crippen LogP contribution in [0.1, 0.15) is 49.4 Å². The lowest BCUT2D eigenvalue weighted by molar-refractivity contribution is -0.151. The van der Waals surface area contributed by atoms with E-state index in [2.05, 4.69) is 15.8 Å². The second kappa shape index (κ2) is 7.27. The molecular weight excluding hydrogens is 401 g/mol. The van der Waals surface area contributed by atoms with Crippen LogP contribution in [-0.2, 0) is 11.2 Å². The third-order valence-electron chi connectivity index (χ3n) is 5.73. The Balaban J connectivity index is 1.26. The monoisotopic (exact) mass is 423 g/mol. The van der Waals surface area contributed by atoms with E-state index in [0.717, 1.165) is 31.0 Å². The minimum atomic E-state index is -0.853. The van der Waals surface area contributed by atoms with Crippen molar-refractivity contribution in [2.45, 2.75) is 56.8 Å². The van der Waals surface area contributed by atoms with Gasteiger partial charge in [0.05, 0.1) is 16.3 Å². The number of halogens is 2. The summed E-state index contributed by atoms with van der Waals surface area (Å²) in [6.45, 7) is 3.54. The molecule has 2 bridgehead atoms. The minimum absolute atomic E-state index is 0.00288. The van der Waals surface area contributed by atoms with Gasteiger partial charge < -0.3 is 19.7 Å². The summed E-state index contributed by atoms with van der Waals surface area (Å²) in [6, 6.07) is 4.04. The first kappa shape index (κ1) is 20.1. The topological polar surface area (TPSA) is 96.6 Å². The number of aliphatic hydroxyl groups excluding tert-OH is 1. The Hall–Kier alpha value is -2.16. The Morgan fingerprint density at radius 1 is 1.41 bits per heavy atom. The van der Waals surface area contributed by atoms with E-state index < -0.39 is 12.0 Å². The standard InChI is InChI=1S/C20H23ClFN3O4/c1-3-15-17(11(2)29-25-15)18(27)24-20-8-19(9-20,10-20)23-16(26)7-28-12-4-5-13(21)14(22)6-12/h4-6,18,24,27H,3,7-10H2,1-2H3,(H,23,26). The van der Waals surface area contributed by atoms with Crippen LogP contribution in [0.5, 0.6) is 5.75 Å². The average Bonchev–Trinajstić information content (AvgIpc) is 3.00. The van der Waals surface area contributed by atoms with Crippen molar-refractivity contribution in [2.75, 3.05) is 6.61 Å². The Morgan fingerprint density at radius 3 is 2.79 bits per heavy atom. The van der Waals surface area contributed by atoms with Gasteiger partial charge in [-0.2, -0.15) is 0 Å². The third-order valence-corrected chi connectivity index (χ3v) is 6.04. The fraction of sp³-hybridized carbons (Fsp3) is 0.500. The molecule has 156 valence electrons. The first-order valence-corrected chi connectivity index (χ1v) is 9.92. The van der Waals surface area contributed by atoms with Gasteiger partial charge >= 0.3 is 0 Å². The molecule has 9 heteroatoms. The zero-order valence-corrected chi connectivity index (χ0v) is 17.0. The van der Waals surface area contributed by atoms with Crippen LogP contribution in [0.25, 0.3) is 0 Å². The molecule has 1 aromatic heterocycles. The minimum Gasteiger partial charge on any atom is -0.484 e. The highest BCUT2D eigenvalue weighted by Gasteiger charge is 2.69. The van der Waals surface area contributed by atoms with Gasteiger partial charge in [0.15, 0.2) is 6.61 Å². The quantitative estimate of drug-likeness (QED) is 0.565. The number of aliphatic hydroxyl groups is 1. The highest BCUT2D eigenvalue weighted by atomic mass is 35.5. The smallest absolute Gasteiger partial charge is 0.258 e. The van der Waals surface area contributed by atoms with Gasteiger partial charge in [0.2, 0.25) is 0 Å². The number of aryl methyl sites for hydroxylation is 2. The fourth-order valence-corrected chi connectivity index (χ4v) is 4.63. The number of hydrogen-bond donors (Lipinski definition) is 3. The molecule has 1 atom stereocenters. The summed E-state index contributed by atoms with van der Waals surface area (Å²) < 4.78 is 23.9. The molecular formula is C20H23ClFN3O4. The number of amides is 1. The molecule has 3 aliphatic rings. The van der Waals surface area contributed by atoms with E-state index in [9.17, 15) is 14.3 Å². The van der Waals surface area contributed by atoms with Crippen LogP contribution in [0.4, 0.5) is 4.39 Å². The van der Waals surface area contributed by atoms with E-state index in [1.165, 1.54) is 12.1 Å². The molecule has 0 aliphatic heterocycles. The first-order chi connectivity index (χ1) is 13.7. The van der Waals surface area contributed by atoms with Crippen molar-refractivity contribution in [1.82, 2.24) is 15.8 Å². The molecule has 29 heavy (non-hydrogen) atoms.